The Morgan fingerprint density at radius 2 is 1.86 bits per heavy atom. The number of fused-ring (bicyclic) bond motifs is 1. The van der Waals surface area contributed by atoms with Crippen LogP contribution in [-0.4, -0.2) is 9.67 Å². The van der Waals surface area contributed by atoms with Crippen molar-refractivity contribution in [3.8, 4) is 5.88 Å². The highest BCUT2D eigenvalue weighted by Crippen LogP contribution is 2.41. The lowest BCUT2D eigenvalue weighted by molar-refractivity contribution is 0.428. The van der Waals surface area contributed by atoms with Gasteiger partial charge in [0.1, 0.15) is 5.82 Å². The molecule has 0 radical (unpaired) electrons. The van der Waals surface area contributed by atoms with E-state index >= 15 is 0 Å². The predicted molar refractivity (Wildman–Crippen MR) is 117 cm³/mol. The van der Waals surface area contributed by atoms with E-state index in [0.717, 1.165) is 10.0 Å². The van der Waals surface area contributed by atoms with Crippen LogP contribution >= 0.6 is 27.5 Å². The van der Waals surface area contributed by atoms with Crippen LogP contribution in [0.5, 0.6) is 5.88 Å². The fourth-order valence-electron chi connectivity index (χ4n) is 3.19. The summed E-state index contributed by atoms with van der Waals surface area (Å²) >= 11 is 9.64. The molecule has 0 unspecified atom stereocenters. The number of nitrogens with zero attached hydrogens (tertiary/aromatic N) is 3. The molecule has 0 aliphatic heterocycles. The van der Waals surface area contributed by atoms with E-state index in [1.54, 1.807) is 16.7 Å². The van der Waals surface area contributed by atoms with E-state index in [9.17, 15) is 9.50 Å². The Labute approximate surface area is 180 Å². The highest BCUT2D eigenvalue weighted by atomic mass is 79.9. The molecule has 0 saturated carbocycles. The maximum atomic E-state index is 14.3. The number of azo groups is 1. The van der Waals surface area contributed by atoms with Crippen LogP contribution < -0.4 is 0 Å². The molecule has 0 aliphatic rings. The lowest BCUT2D eigenvalue weighted by Crippen LogP contribution is -2.02. The van der Waals surface area contributed by atoms with Crippen LogP contribution in [-0.2, 0) is 6.54 Å². The van der Waals surface area contributed by atoms with Crippen LogP contribution in [0.15, 0.2) is 75.4 Å². The SMILES string of the molecule is Cc1cccc(N=Nc2c(O)n(Cc3c(F)cccc3Cl)c3ccc(Br)cc23)c1. The topological polar surface area (TPSA) is 49.9 Å². The van der Waals surface area contributed by atoms with Gasteiger partial charge in [0.2, 0.25) is 5.88 Å². The Bertz CT molecular complexity index is 1230. The molecule has 0 amide bonds. The monoisotopic (exact) mass is 471 g/mol. The normalized spacial score (nSPS) is 11.6. The van der Waals surface area contributed by atoms with E-state index < -0.39 is 5.82 Å². The third kappa shape index (κ3) is 3.91. The second kappa shape index (κ2) is 7.97. The molecule has 0 fully saturated rings. The second-order valence-corrected chi connectivity index (χ2v) is 7.98. The number of hydrogen-bond donors (Lipinski definition) is 1. The molecular formula is C22H16BrClFN3O. The van der Waals surface area contributed by atoms with Crippen molar-refractivity contribution in [2.24, 2.45) is 10.2 Å². The number of aryl methyl sites for hydroxylation is 1. The largest absolute Gasteiger partial charge is 0.493 e. The van der Waals surface area contributed by atoms with Gasteiger partial charge >= 0.3 is 0 Å². The van der Waals surface area contributed by atoms with Crippen molar-refractivity contribution in [1.82, 2.24) is 4.57 Å². The maximum Gasteiger partial charge on any atom is 0.221 e. The van der Waals surface area contributed by atoms with E-state index in [2.05, 4.69) is 26.2 Å². The summed E-state index contributed by atoms with van der Waals surface area (Å²) in [6.07, 6.45) is 0. The minimum atomic E-state index is -0.432. The van der Waals surface area contributed by atoms with Crippen LogP contribution in [0.1, 0.15) is 11.1 Å². The highest BCUT2D eigenvalue weighted by Gasteiger charge is 2.19. The van der Waals surface area contributed by atoms with Gasteiger partial charge in [-0.25, -0.2) is 4.39 Å². The zero-order chi connectivity index (χ0) is 20.5. The quantitative estimate of drug-likeness (QED) is 0.304. The van der Waals surface area contributed by atoms with Crippen LogP contribution in [0.2, 0.25) is 5.02 Å². The summed E-state index contributed by atoms with van der Waals surface area (Å²) < 4.78 is 16.7. The first-order valence-electron chi connectivity index (χ1n) is 8.86. The molecule has 1 heterocycles. The van der Waals surface area contributed by atoms with Crippen LogP contribution in [0, 0.1) is 12.7 Å². The van der Waals surface area contributed by atoms with Crippen molar-refractivity contribution in [3.63, 3.8) is 0 Å². The van der Waals surface area contributed by atoms with Crippen molar-refractivity contribution in [3.05, 3.63) is 87.1 Å². The van der Waals surface area contributed by atoms with Gasteiger partial charge in [-0.2, -0.15) is 5.11 Å². The number of benzene rings is 3. The van der Waals surface area contributed by atoms with E-state index in [1.807, 2.05) is 49.4 Å². The summed E-state index contributed by atoms with van der Waals surface area (Å²) in [6, 6.07) is 17.6. The third-order valence-electron chi connectivity index (χ3n) is 4.62. The van der Waals surface area contributed by atoms with Gasteiger partial charge in [0.05, 0.1) is 17.7 Å². The van der Waals surface area contributed by atoms with E-state index in [1.165, 1.54) is 6.07 Å². The number of rotatable bonds is 4. The minimum Gasteiger partial charge on any atom is -0.493 e. The zero-order valence-corrected chi connectivity index (χ0v) is 17.7. The first-order valence-corrected chi connectivity index (χ1v) is 10.0. The average molecular weight is 473 g/mol. The van der Waals surface area contributed by atoms with Crippen LogP contribution in [0.4, 0.5) is 15.8 Å². The molecule has 1 N–H and O–H groups in total. The first kappa shape index (κ1) is 19.6. The molecule has 0 saturated heterocycles. The van der Waals surface area contributed by atoms with E-state index in [-0.39, 0.29) is 12.4 Å². The fourth-order valence-corrected chi connectivity index (χ4v) is 3.78. The van der Waals surface area contributed by atoms with Gasteiger partial charge in [0.25, 0.3) is 0 Å². The molecule has 1 aromatic heterocycles. The summed E-state index contributed by atoms with van der Waals surface area (Å²) in [7, 11) is 0. The van der Waals surface area contributed by atoms with Crippen LogP contribution in [0.25, 0.3) is 10.9 Å². The summed E-state index contributed by atoms with van der Waals surface area (Å²) in [5.74, 6) is -0.535. The molecule has 146 valence electrons. The number of halogens is 3. The van der Waals surface area contributed by atoms with E-state index in [4.69, 9.17) is 11.6 Å². The standard InChI is InChI=1S/C22H16BrClFN3O/c1-13-4-2-5-15(10-13)26-27-21-16-11-14(23)8-9-20(16)28(22(21)29)12-17-18(24)6-3-7-19(17)25/h2-11,29H,12H2,1H3. The van der Waals surface area contributed by atoms with Crippen molar-refractivity contribution >= 4 is 49.8 Å². The fraction of sp³-hybridized carbons (Fsp3) is 0.0909. The molecule has 0 bridgehead atoms. The Morgan fingerprint density at radius 3 is 2.62 bits per heavy atom. The zero-order valence-electron chi connectivity index (χ0n) is 15.4. The average Bonchev–Trinajstić information content (AvgIpc) is 2.93. The smallest absolute Gasteiger partial charge is 0.221 e. The summed E-state index contributed by atoms with van der Waals surface area (Å²) in [5.41, 5.74) is 3.05. The Balaban J connectivity index is 1.85. The summed E-state index contributed by atoms with van der Waals surface area (Å²) in [6.45, 7) is 2.03. The molecule has 0 aliphatic carbocycles. The third-order valence-corrected chi connectivity index (χ3v) is 5.46. The minimum absolute atomic E-state index is 0.0649. The molecule has 7 heteroatoms. The molecule has 0 spiro atoms. The van der Waals surface area contributed by atoms with Crippen molar-refractivity contribution < 1.29 is 9.50 Å². The molecule has 29 heavy (non-hydrogen) atoms. The van der Waals surface area contributed by atoms with E-state index in [0.29, 0.717) is 32.9 Å². The van der Waals surface area contributed by atoms with Crippen molar-refractivity contribution in [1.29, 1.82) is 0 Å². The molecule has 3 aromatic carbocycles. The Morgan fingerprint density at radius 1 is 1.07 bits per heavy atom. The molecule has 4 aromatic rings. The number of hydrogen-bond acceptors (Lipinski definition) is 3. The summed E-state index contributed by atoms with van der Waals surface area (Å²) in [4.78, 5) is 0. The van der Waals surface area contributed by atoms with Crippen molar-refractivity contribution in [2.45, 2.75) is 13.5 Å². The van der Waals surface area contributed by atoms with Gasteiger partial charge in [-0.05, 0) is 55.0 Å². The van der Waals surface area contributed by atoms with Crippen molar-refractivity contribution in [2.75, 3.05) is 0 Å². The molecule has 4 nitrogen and oxygen atoms in total. The van der Waals surface area contributed by atoms with Gasteiger partial charge in [-0.15, -0.1) is 5.11 Å². The van der Waals surface area contributed by atoms with Gasteiger partial charge in [-0.1, -0.05) is 45.7 Å². The number of aromatic nitrogens is 1. The lowest BCUT2D eigenvalue weighted by Gasteiger charge is -2.10. The first-order chi connectivity index (χ1) is 13.9. The molecular weight excluding hydrogens is 457 g/mol. The van der Waals surface area contributed by atoms with Gasteiger partial charge in [0.15, 0.2) is 5.69 Å². The van der Waals surface area contributed by atoms with Crippen LogP contribution in [0.3, 0.4) is 0 Å². The predicted octanol–water partition coefficient (Wildman–Crippen LogP) is 7.67. The highest BCUT2D eigenvalue weighted by molar-refractivity contribution is 9.10. The molecule has 4 rings (SSSR count). The Kier molecular flexibility index (Phi) is 5.39. The Hall–Kier alpha value is -2.70. The molecule has 0 atom stereocenters. The lowest BCUT2D eigenvalue weighted by atomic mass is 10.2. The number of aromatic hydroxyl groups is 1. The second-order valence-electron chi connectivity index (χ2n) is 6.66. The van der Waals surface area contributed by atoms with Gasteiger partial charge in [-0.3, -0.25) is 0 Å². The van der Waals surface area contributed by atoms with Gasteiger partial charge in [0, 0.05) is 20.4 Å². The summed E-state index contributed by atoms with van der Waals surface area (Å²) in [5, 5.41) is 20.5. The van der Waals surface area contributed by atoms with Gasteiger partial charge < -0.3 is 9.67 Å². The maximum absolute atomic E-state index is 14.3.